The van der Waals surface area contributed by atoms with Gasteiger partial charge in [0.25, 0.3) is 0 Å². The van der Waals surface area contributed by atoms with Crippen LogP contribution in [-0.4, -0.2) is 0 Å². The Morgan fingerprint density at radius 3 is 2.56 bits per heavy atom. The van der Waals surface area contributed by atoms with E-state index in [1.54, 1.807) is 6.26 Å². The maximum atomic E-state index is 5.44. The van der Waals surface area contributed by atoms with Gasteiger partial charge in [0, 0.05) is 5.39 Å². The monoisotopic (exact) mass is 208 g/mol. The van der Waals surface area contributed by atoms with Crippen molar-refractivity contribution in [1.29, 1.82) is 0 Å². The Hall–Kier alpha value is -2.02. The third kappa shape index (κ3) is 1.41. The van der Waals surface area contributed by atoms with Crippen LogP contribution < -0.4 is 0 Å². The summed E-state index contributed by atoms with van der Waals surface area (Å²) < 4.78 is 5.44. The summed E-state index contributed by atoms with van der Waals surface area (Å²) >= 11 is 0. The minimum Gasteiger partial charge on any atom is -0.464 e. The van der Waals surface area contributed by atoms with Crippen LogP contribution in [0.5, 0.6) is 0 Å². The van der Waals surface area contributed by atoms with E-state index >= 15 is 0 Å². The van der Waals surface area contributed by atoms with Gasteiger partial charge in [-0.15, -0.1) is 0 Å². The summed E-state index contributed by atoms with van der Waals surface area (Å²) in [5, 5.41) is 1.16. The van der Waals surface area contributed by atoms with Crippen molar-refractivity contribution >= 4 is 11.0 Å². The van der Waals surface area contributed by atoms with Crippen LogP contribution in [0.15, 0.2) is 59.2 Å². The minimum absolute atomic E-state index is 0.949. The Labute approximate surface area is 94.3 Å². The predicted molar refractivity (Wildman–Crippen MR) is 66.4 cm³/mol. The van der Waals surface area contributed by atoms with E-state index in [0.29, 0.717) is 0 Å². The smallest absolute Gasteiger partial charge is 0.134 e. The summed E-state index contributed by atoms with van der Waals surface area (Å²) in [6.45, 7) is 2.13. The molecule has 1 nitrogen and oxygen atoms in total. The van der Waals surface area contributed by atoms with Crippen molar-refractivity contribution in [1.82, 2.24) is 0 Å². The summed E-state index contributed by atoms with van der Waals surface area (Å²) in [6.07, 6.45) is 1.74. The van der Waals surface area contributed by atoms with Gasteiger partial charge in [0.15, 0.2) is 0 Å². The van der Waals surface area contributed by atoms with Crippen molar-refractivity contribution < 1.29 is 4.42 Å². The Kier molecular flexibility index (Phi) is 2.03. The van der Waals surface area contributed by atoms with Crippen LogP contribution in [0.4, 0.5) is 0 Å². The van der Waals surface area contributed by atoms with Gasteiger partial charge >= 0.3 is 0 Å². The minimum atomic E-state index is 0.949. The molecule has 0 amide bonds. The van der Waals surface area contributed by atoms with E-state index in [1.165, 1.54) is 16.7 Å². The maximum Gasteiger partial charge on any atom is 0.134 e. The van der Waals surface area contributed by atoms with Gasteiger partial charge in [-0.1, -0.05) is 30.3 Å². The zero-order chi connectivity index (χ0) is 11.0. The van der Waals surface area contributed by atoms with Crippen LogP contribution >= 0.6 is 0 Å². The molecule has 0 bridgehead atoms. The fourth-order valence-corrected chi connectivity index (χ4v) is 2.05. The molecular formula is C15H12O. The molecule has 3 aromatic rings. The van der Waals surface area contributed by atoms with E-state index in [2.05, 4.69) is 43.3 Å². The van der Waals surface area contributed by atoms with Gasteiger partial charge in [0.1, 0.15) is 5.58 Å². The van der Waals surface area contributed by atoms with Crippen molar-refractivity contribution in [2.75, 3.05) is 0 Å². The van der Waals surface area contributed by atoms with E-state index in [4.69, 9.17) is 4.42 Å². The number of rotatable bonds is 1. The number of benzene rings is 2. The highest BCUT2D eigenvalue weighted by Crippen LogP contribution is 2.28. The van der Waals surface area contributed by atoms with Crippen LogP contribution in [0.3, 0.4) is 0 Å². The van der Waals surface area contributed by atoms with Gasteiger partial charge in [0.05, 0.1) is 6.26 Å². The average molecular weight is 208 g/mol. The van der Waals surface area contributed by atoms with Gasteiger partial charge in [-0.3, -0.25) is 0 Å². The third-order valence-electron chi connectivity index (χ3n) is 2.88. The van der Waals surface area contributed by atoms with Gasteiger partial charge in [-0.2, -0.15) is 0 Å². The molecule has 3 rings (SSSR count). The Morgan fingerprint density at radius 2 is 1.75 bits per heavy atom. The van der Waals surface area contributed by atoms with E-state index in [-0.39, 0.29) is 0 Å². The lowest BCUT2D eigenvalue weighted by Crippen LogP contribution is -1.82. The van der Waals surface area contributed by atoms with E-state index in [1.807, 2.05) is 12.1 Å². The van der Waals surface area contributed by atoms with Crippen LogP contribution in [0, 0.1) is 6.92 Å². The van der Waals surface area contributed by atoms with Crippen molar-refractivity contribution in [3.8, 4) is 11.1 Å². The molecule has 1 aromatic heterocycles. The van der Waals surface area contributed by atoms with Gasteiger partial charge in [0.2, 0.25) is 0 Å². The zero-order valence-corrected chi connectivity index (χ0v) is 9.10. The average Bonchev–Trinajstić information content (AvgIpc) is 2.76. The molecule has 2 aromatic carbocycles. The topological polar surface area (TPSA) is 13.1 Å². The highest BCUT2D eigenvalue weighted by atomic mass is 16.3. The molecule has 0 N–H and O–H groups in total. The van der Waals surface area contributed by atoms with E-state index in [0.717, 1.165) is 11.0 Å². The van der Waals surface area contributed by atoms with Crippen LogP contribution in [0.1, 0.15) is 5.56 Å². The number of fused-ring (bicyclic) bond motifs is 1. The molecule has 16 heavy (non-hydrogen) atoms. The molecule has 0 radical (unpaired) electrons. The van der Waals surface area contributed by atoms with Crippen molar-refractivity contribution in [2.24, 2.45) is 0 Å². The molecule has 0 saturated carbocycles. The molecule has 0 saturated heterocycles. The summed E-state index contributed by atoms with van der Waals surface area (Å²) in [4.78, 5) is 0. The van der Waals surface area contributed by atoms with Gasteiger partial charge in [-0.25, -0.2) is 0 Å². The van der Waals surface area contributed by atoms with Crippen LogP contribution in [0.25, 0.3) is 22.1 Å². The second-order valence-corrected chi connectivity index (χ2v) is 3.99. The van der Waals surface area contributed by atoms with E-state index < -0.39 is 0 Å². The first-order valence-corrected chi connectivity index (χ1v) is 5.38. The molecular weight excluding hydrogens is 196 g/mol. The predicted octanol–water partition coefficient (Wildman–Crippen LogP) is 4.41. The molecule has 0 aliphatic heterocycles. The molecule has 0 atom stereocenters. The maximum absolute atomic E-state index is 5.44. The SMILES string of the molecule is Cc1cc2ccoc2cc1-c1ccccc1. The Bertz CT molecular complexity index is 620. The van der Waals surface area contributed by atoms with Crippen molar-refractivity contribution in [3.63, 3.8) is 0 Å². The first kappa shape index (κ1) is 9.22. The molecule has 0 aliphatic rings. The molecule has 0 fully saturated rings. The van der Waals surface area contributed by atoms with Crippen LogP contribution in [0.2, 0.25) is 0 Å². The Morgan fingerprint density at radius 1 is 0.938 bits per heavy atom. The standard InChI is InChI=1S/C15H12O/c1-11-9-13-7-8-16-15(13)10-14(11)12-5-3-2-4-6-12/h2-10H,1H3. The van der Waals surface area contributed by atoms with Crippen molar-refractivity contribution in [3.05, 3.63) is 60.4 Å². The summed E-state index contributed by atoms with van der Waals surface area (Å²) in [6, 6.07) is 16.7. The molecule has 1 heteroatoms. The fraction of sp³-hybridized carbons (Fsp3) is 0.0667. The molecule has 0 unspecified atom stereocenters. The lowest BCUT2D eigenvalue weighted by atomic mass is 9.99. The van der Waals surface area contributed by atoms with Gasteiger partial charge < -0.3 is 4.42 Å². The van der Waals surface area contributed by atoms with Gasteiger partial charge in [-0.05, 0) is 41.8 Å². The zero-order valence-electron chi connectivity index (χ0n) is 9.10. The summed E-state index contributed by atoms with van der Waals surface area (Å²) in [5.41, 5.74) is 4.70. The molecule has 0 aliphatic carbocycles. The fourth-order valence-electron chi connectivity index (χ4n) is 2.05. The number of aryl methyl sites for hydroxylation is 1. The number of hydrogen-bond acceptors (Lipinski definition) is 1. The quantitative estimate of drug-likeness (QED) is 0.577. The Balaban J connectivity index is 2.27. The van der Waals surface area contributed by atoms with Crippen LogP contribution in [-0.2, 0) is 0 Å². The van der Waals surface area contributed by atoms with Crippen molar-refractivity contribution in [2.45, 2.75) is 6.92 Å². The number of furan rings is 1. The first-order valence-electron chi connectivity index (χ1n) is 5.38. The second-order valence-electron chi connectivity index (χ2n) is 3.99. The lowest BCUT2D eigenvalue weighted by molar-refractivity contribution is 0.616. The van der Waals surface area contributed by atoms with E-state index in [9.17, 15) is 0 Å². The second kappa shape index (κ2) is 3.53. The first-order chi connectivity index (χ1) is 7.84. The number of hydrogen-bond donors (Lipinski definition) is 0. The third-order valence-corrected chi connectivity index (χ3v) is 2.88. The molecule has 1 heterocycles. The summed E-state index contributed by atoms with van der Waals surface area (Å²) in [5.74, 6) is 0. The lowest BCUT2D eigenvalue weighted by Gasteiger charge is -2.05. The largest absolute Gasteiger partial charge is 0.464 e. The highest BCUT2D eigenvalue weighted by Gasteiger charge is 2.05. The summed E-state index contributed by atoms with van der Waals surface area (Å²) in [7, 11) is 0. The normalized spacial score (nSPS) is 10.8. The molecule has 0 spiro atoms. The highest BCUT2D eigenvalue weighted by molar-refractivity contribution is 5.85. The molecule has 78 valence electrons.